The molecule has 2 aliphatic heterocycles. The lowest BCUT2D eigenvalue weighted by Gasteiger charge is -2.41. The van der Waals surface area contributed by atoms with Gasteiger partial charge in [0.05, 0.1) is 28.6 Å². The Kier molecular flexibility index (Phi) is 8.07. The van der Waals surface area contributed by atoms with E-state index in [1.54, 1.807) is 36.6 Å². The molecule has 1 fully saturated rings. The zero-order chi connectivity index (χ0) is 28.5. The van der Waals surface area contributed by atoms with Gasteiger partial charge in [-0.05, 0) is 39.3 Å². The number of fused-ring (bicyclic) bond motifs is 1. The summed E-state index contributed by atoms with van der Waals surface area (Å²) in [5, 5.41) is 0.0889. The van der Waals surface area contributed by atoms with Crippen LogP contribution in [0.1, 0.15) is 37.6 Å². The highest BCUT2D eigenvalue weighted by molar-refractivity contribution is 7.84. The number of hydrogen-bond donors (Lipinski definition) is 0. The molecular weight excluding hydrogens is 533 g/mol. The molecule has 1 aromatic carbocycles. The van der Waals surface area contributed by atoms with E-state index >= 15 is 0 Å². The zero-order valence-electron chi connectivity index (χ0n) is 22.3. The Labute approximate surface area is 228 Å². The summed E-state index contributed by atoms with van der Waals surface area (Å²) < 4.78 is 59.1. The van der Waals surface area contributed by atoms with E-state index in [4.69, 9.17) is 11.3 Å². The standard InChI is InChI=1S/C26H31F3N6O3S/c1-25(2,3)38-24(36)35-13-12-34(15-17(35)14-30-4)22-18-10-11-33(16-20(18)31-23(32-22)39(5)37)21-9-7-6-8-19(21)26(27,28)29/h6-9,17H,10-16H2,1-3,5H3. The number of benzene rings is 1. The number of carbonyl (C=O) groups is 1. The lowest BCUT2D eigenvalue weighted by atomic mass is 10.0. The molecule has 9 nitrogen and oxygen atoms in total. The second-order valence-corrected chi connectivity index (χ2v) is 11.8. The molecule has 2 aromatic rings. The molecule has 4 rings (SSSR count). The maximum Gasteiger partial charge on any atom is 0.418 e. The fourth-order valence-electron chi connectivity index (χ4n) is 4.84. The van der Waals surface area contributed by atoms with Crippen molar-refractivity contribution in [1.82, 2.24) is 14.9 Å². The normalized spacial score (nSPS) is 18.8. The maximum atomic E-state index is 13.7. The number of amides is 1. The maximum absolute atomic E-state index is 13.7. The van der Waals surface area contributed by atoms with Gasteiger partial charge >= 0.3 is 12.3 Å². The summed E-state index contributed by atoms with van der Waals surface area (Å²) in [5.41, 5.74) is -0.0402. The lowest BCUT2D eigenvalue weighted by Crippen LogP contribution is -2.57. The predicted molar refractivity (Wildman–Crippen MR) is 141 cm³/mol. The van der Waals surface area contributed by atoms with Crippen LogP contribution in [0.4, 0.5) is 29.5 Å². The molecule has 3 heterocycles. The van der Waals surface area contributed by atoms with Crippen LogP contribution in [0, 0.1) is 6.57 Å². The number of ether oxygens (including phenoxy) is 1. The van der Waals surface area contributed by atoms with E-state index < -0.39 is 40.3 Å². The molecule has 1 saturated heterocycles. The first-order valence-corrected chi connectivity index (χ1v) is 14.1. The highest BCUT2D eigenvalue weighted by Crippen LogP contribution is 2.39. The number of carbonyl (C=O) groups excluding carboxylic acids is 1. The van der Waals surface area contributed by atoms with E-state index in [0.717, 1.165) is 11.6 Å². The summed E-state index contributed by atoms with van der Waals surface area (Å²) in [6.45, 7) is 14.2. The fourth-order valence-corrected chi connectivity index (χ4v) is 5.30. The minimum atomic E-state index is -4.50. The topological polar surface area (TPSA) is 83.2 Å². The number of nitrogens with zero attached hydrogens (tertiary/aromatic N) is 6. The Morgan fingerprint density at radius 3 is 2.51 bits per heavy atom. The number of aromatic nitrogens is 2. The lowest BCUT2D eigenvalue weighted by molar-refractivity contribution is -0.137. The van der Waals surface area contributed by atoms with Crippen LogP contribution in [0.3, 0.4) is 0 Å². The van der Waals surface area contributed by atoms with E-state index in [0.29, 0.717) is 44.1 Å². The van der Waals surface area contributed by atoms with Gasteiger partial charge in [-0.3, -0.25) is 9.11 Å². The van der Waals surface area contributed by atoms with Gasteiger partial charge in [0.1, 0.15) is 17.5 Å². The molecule has 0 spiro atoms. The Morgan fingerprint density at radius 2 is 1.87 bits per heavy atom. The third-order valence-corrected chi connectivity index (χ3v) is 7.24. The van der Waals surface area contributed by atoms with Gasteiger partial charge in [0.15, 0.2) is 0 Å². The van der Waals surface area contributed by atoms with Crippen LogP contribution in [0.25, 0.3) is 4.85 Å². The molecule has 1 amide bonds. The number of halogens is 3. The van der Waals surface area contributed by atoms with Gasteiger partial charge in [0.25, 0.3) is 0 Å². The monoisotopic (exact) mass is 564 g/mol. The second kappa shape index (κ2) is 11.0. The van der Waals surface area contributed by atoms with Crippen molar-refractivity contribution < 1.29 is 26.9 Å². The van der Waals surface area contributed by atoms with Gasteiger partial charge in [-0.2, -0.15) is 13.2 Å². The highest BCUT2D eigenvalue weighted by atomic mass is 32.2. The molecule has 13 heteroatoms. The summed E-state index contributed by atoms with van der Waals surface area (Å²) >= 11 is 0. The number of piperazine rings is 1. The number of rotatable bonds is 4. The Balaban J connectivity index is 1.66. The fraction of sp³-hybridized carbons (Fsp3) is 0.538. The van der Waals surface area contributed by atoms with Crippen molar-refractivity contribution in [1.29, 1.82) is 0 Å². The van der Waals surface area contributed by atoms with E-state index in [1.165, 1.54) is 18.4 Å². The van der Waals surface area contributed by atoms with Crippen LogP contribution in [0.2, 0.25) is 0 Å². The molecule has 0 aliphatic carbocycles. The molecular formula is C26H31F3N6O3S. The SMILES string of the molecule is [C-]#[N+]CC1CN(c2nc(S(C)=O)nc3c2CCN(c2ccccc2C(F)(F)F)C3)CCN1C(=O)OC(C)(C)C. The van der Waals surface area contributed by atoms with Crippen LogP contribution in [-0.4, -0.2) is 75.8 Å². The van der Waals surface area contributed by atoms with Gasteiger partial charge in [-0.25, -0.2) is 21.3 Å². The van der Waals surface area contributed by atoms with Crippen molar-refractivity contribution in [2.45, 2.75) is 56.7 Å². The number of hydrogen-bond acceptors (Lipinski definition) is 7. The second-order valence-electron chi connectivity index (χ2n) is 10.5. The van der Waals surface area contributed by atoms with Crippen molar-refractivity contribution in [3.8, 4) is 0 Å². The first kappa shape index (κ1) is 28.6. The number of anilines is 2. The molecule has 2 aliphatic rings. The third kappa shape index (κ3) is 6.43. The van der Waals surface area contributed by atoms with Crippen molar-refractivity contribution >= 4 is 28.4 Å². The van der Waals surface area contributed by atoms with Crippen molar-refractivity contribution in [2.24, 2.45) is 0 Å². The van der Waals surface area contributed by atoms with Crippen molar-refractivity contribution in [3.63, 3.8) is 0 Å². The highest BCUT2D eigenvalue weighted by Gasteiger charge is 2.38. The van der Waals surface area contributed by atoms with Crippen LogP contribution in [0.5, 0.6) is 0 Å². The quantitative estimate of drug-likeness (QED) is 0.408. The molecule has 0 bridgehead atoms. The van der Waals surface area contributed by atoms with Gasteiger partial charge < -0.3 is 19.4 Å². The van der Waals surface area contributed by atoms with Gasteiger partial charge in [-0.15, -0.1) is 0 Å². The minimum Gasteiger partial charge on any atom is -0.444 e. The summed E-state index contributed by atoms with van der Waals surface area (Å²) in [4.78, 5) is 30.5. The van der Waals surface area contributed by atoms with E-state index in [1.807, 2.05) is 4.90 Å². The molecule has 0 radical (unpaired) electrons. The third-order valence-electron chi connectivity index (χ3n) is 6.54. The van der Waals surface area contributed by atoms with Crippen LogP contribution < -0.4 is 9.80 Å². The molecule has 1 aromatic heterocycles. The molecule has 39 heavy (non-hydrogen) atoms. The summed E-state index contributed by atoms with van der Waals surface area (Å²) in [5.74, 6) is 0.549. The molecule has 0 saturated carbocycles. The number of alkyl halides is 3. The Morgan fingerprint density at radius 1 is 1.15 bits per heavy atom. The molecule has 2 atom stereocenters. The largest absolute Gasteiger partial charge is 0.444 e. The van der Waals surface area contributed by atoms with Crippen LogP contribution in [0.15, 0.2) is 29.4 Å². The molecule has 210 valence electrons. The van der Waals surface area contributed by atoms with E-state index in [-0.39, 0.29) is 23.9 Å². The number of para-hydroxylation sites is 1. The summed E-state index contributed by atoms with van der Waals surface area (Å²) in [6.07, 6.45) is -3.16. The summed E-state index contributed by atoms with van der Waals surface area (Å²) in [6, 6.07) is 4.98. The Bertz CT molecular complexity index is 1310. The molecule has 0 N–H and O–H groups in total. The van der Waals surface area contributed by atoms with Gasteiger partial charge in [-0.1, -0.05) is 12.1 Å². The zero-order valence-corrected chi connectivity index (χ0v) is 23.1. The van der Waals surface area contributed by atoms with Crippen LogP contribution >= 0.6 is 0 Å². The molecule has 2 unspecified atom stereocenters. The summed E-state index contributed by atoms with van der Waals surface area (Å²) in [7, 11) is -1.53. The average molecular weight is 565 g/mol. The van der Waals surface area contributed by atoms with Crippen LogP contribution in [-0.2, 0) is 34.7 Å². The van der Waals surface area contributed by atoms with E-state index in [2.05, 4.69) is 14.8 Å². The predicted octanol–water partition coefficient (Wildman–Crippen LogP) is 4.14. The van der Waals surface area contributed by atoms with E-state index in [9.17, 15) is 22.2 Å². The first-order valence-electron chi connectivity index (χ1n) is 12.5. The van der Waals surface area contributed by atoms with Gasteiger partial charge in [0.2, 0.25) is 11.7 Å². The average Bonchev–Trinajstić information content (AvgIpc) is 2.86. The van der Waals surface area contributed by atoms with Gasteiger partial charge in [0, 0.05) is 43.7 Å². The minimum absolute atomic E-state index is 0.0671. The first-order chi connectivity index (χ1) is 18.3. The smallest absolute Gasteiger partial charge is 0.418 e. The van der Waals surface area contributed by atoms with Crippen molar-refractivity contribution in [2.75, 3.05) is 48.8 Å². The van der Waals surface area contributed by atoms with Crippen molar-refractivity contribution in [3.05, 3.63) is 52.5 Å². The Hall–Kier alpha value is -3.40.